The van der Waals surface area contributed by atoms with E-state index in [0.29, 0.717) is 6.03 Å². The van der Waals surface area contributed by atoms with Crippen LogP contribution in [-0.2, 0) is 13.9 Å². The number of hydrogen-bond acceptors (Lipinski definition) is 3. The van der Waals surface area contributed by atoms with Crippen LogP contribution >= 0.6 is 8.03 Å². The van der Waals surface area contributed by atoms with Crippen molar-refractivity contribution >= 4 is 14.1 Å². The standard InChI is InChI=1S/C5H10O3P/c1-3-5(2)8-9(7)4-6/h4-5H,3H2,1-2H3/q+1. The van der Waals surface area contributed by atoms with Gasteiger partial charge in [0.25, 0.3) is 0 Å². The average molecular weight is 149 g/mol. The molecule has 0 N–H and O–H groups in total. The van der Waals surface area contributed by atoms with Crippen LogP contribution in [0.15, 0.2) is 0 Å². The number of carbonyl (C=O) groups is 1. The van der Waals surface area contributed by atoms with Crippen molar-refractivity contribution in [3.63, 3.8) is 0 Å². The summed E-state index contributed by atoms with van der Waals surface area (Å²) in [6, 6.07) is 0.321. The Morgan fingerprint density at radius 1 is 1.78 bits per heavy atom. The van der Waals surface area contributed by atoms with Crippen molar-refractivity contribution in [2.24, 2.45) is 0 Å². The fraction of sp³-hybridized carbons (Fsp3) is 0.800. The number of rotatable bonds is 4. The highest BCUT2D eigenvalue weighted by Crippen LogP contribution is 2.20. The Kier molecular flexibility index (Phi) is 4.46. The Morgan fingerprint density at radius 3 is 2.67 bits per heavy atom. The second kappa shape index (κ2) is 4.59. The lowest BCUT2D eigenvalue weighted by molar-refractivity contribution is 0.235. The van der Waals surface area contributed by atoms with Crippen LogP contribution in [0, 0.1) is 0 Å². The van der Waals surface area contributed by atoms with Gasteiger partial charge in [-0.3, -0.25) is 0 Å². The topological polar surface area (TPSA) is 43.4 Å². The van der Waals surface area contributed by atoms with Gasteiger partial charge >= 0.3 is 14.1 Å². The van der Waals surface area contributed by atoms with E-state index in [2.05, 4.69) is 4.52 Å². The van der Waals surface area contributed by atoms with E-state index in [1.165, 1.54) is 0 Å². The minimum atomic E-state index is -2.05. The van der Waals surface area contributed by atoms with Gasteiger partial charge < -0.3 is 0 Å². The van der Waals surface area contributed by atoms with E-state index in [0.717, 1.165) is 6.42 Å². The molecule has 0 radical (unpaired) electrons. The van der Waals surface area contributed by atoms with E-state index in [9.17, 15) is 9.36 Å². The minimum Gasteiger partial charge on any atom is -0.240 e. The first kappa shape index (κ1) is 8.73. The molecule has 0 amide bonds. The molecule has 0 fully saturated rings. The predicted octanol–water partition coefficient (Wildman–Crippen LogP) is 1.73. The van der Waals surface area contributed by atoms with Gasteiger partial charge in [-0.1, -0.05) is 6.92 Å². The SMILES string of the molecule is CCC(C)O[P+](=O)C=O. The molecule has 0 saturated carbocycles. The molecule has 2 unspecified atom stereocenters. The maximum atomic E-state index is 10.3. The van der Waals surface area contributed by atoms with Gasteiger partial charge in [-0.25, -0.2) is 4.79 Å². The molecule has 0 aromatic heterocycles. The summed E-state index contributed by atoms with van der Waals surface area (Å²) in [5.74, 6) is 0. The van der Waals surface area contributed by atoms with Gasteiger partial charge in [0.2, 0.25) is 0 Å². The van der Waals surface area contributed by atoms with Crippen molar-refractivity contribution in [2.75, 3.05) is 0 Å². The second-order valence-electron chi connectivity index (χ2n) is 1.72. The van der Waals surface area contributed by atoms with Crippen molar-refractivity contribution in [3.05, 3.63) is 0 Å². The summed E-state index contributed by atoms with van der Waals surface area (Å²) in [6.45, 7) is 3.68. The van der Waals surface area contributed by atoms with Gasteiger partial charge in [0, 0.05) is 0 Å². The van der Waals surface area contributed by atoms with Gasteiger partial charge in [0.15, 0.2) is 0 Å². The van der Waals surface area contributed by atoms with Crippen LogP contribution in [0.25, 0.3) is 0 Å². The maximum absolute atomic E-state index is 10.3. The van der Waals surface area contributed by atoms with E-state index >= 15 is 0 Å². The molecule has 0 aliphatic rings. The van der Waals surface area contributed by atoms with E-state index in [-0.39, 0.29) is 6.10 Å². The first-order chi connectivity index (χ1) is 4.20. The van der Waals surface area contributed by atoms with Crippen LogP contribution in [0.5, 0.6) is 0 Å². The smallest absolute Gasteiger partial charge is 0.240 e. The lowest BCUT2D eigenvalue weighted by Crippen LogP contribution is -1.99. The lowest BCUT2D eigenvalue weighted by atomic mass is 10.3. The first-order valence-corrected chi connectivity index (χ1v) is 4.03. The summed E-state index contributed by atoms with van der Waals surface area (Å²) < 4.78 is 15.0. The van der Waals surface area contributed by atoms with Crippen LogP contribution in [-0.4, -0.2) is 12.1 Å². The third-order valence-corrected chi connectivity index (χ3v) is 1.68. The average Bonchev–Trinajstić information content (AvgIpc) is 1.87. The van der Waals surface area contributed by atoms with Crippen molar-refractivity contribution in [1.82, 2.24) is 0 Å². The minimum absolute atomic E-state index is 0.0844. The van der Waals surface area contributed by atoms with E-state index in [1.54, 1.807) is 6.92 Å². The molecule has 0 aromatic carbocycles. The molecule has 52 valence electrons. The molecule has 4 heteroatoms. The summed E-state index contributed by atoms with van der Waals surface area (Å²) in [5, 5.41) is 0. The molecule has 0 aromatic rings. The zero-order valence-electron chi connectivity index (χ0n) is 5.53. The lowest BCUT2D eigenvalue weighted by Gasteiger charge is -1.94. The molecule has 0 aliphatic heterocycles. The molecular formula is C5H10O3P+. The maximum Gasteiger partial charge on any atom is 0.584 e. The molecule has 0 aliphatic carbocycles. The van der Waals surface area contributed by atoms with Crippen molar-refractivity contribution < 1.29 is 13.9 Å². The van der Waals surface area contributed by atoms with Crippen LogP contribution in [0.3, 0.4) is 0 Å². The Labute approximate surface area is 55.3 Å². The van der Waals surface area contributed by atoms with Crippen molar-refractivity contribution in [1.29, 1.82) is 0 Å². The second-order valence-corrected chi connectivity index (χ2v) is 2.71. The van der Waals surface area contributed by atoms with Crippen LogP contribution < -0.4 is 0 Å². The van der Waals surface area contributed by atoms with Gasteiger partial charge in [0.1, 0.15) is 6.10 Å². The van der Waals surface area contributed by atoms with Crippen molar-refractivity contribution in [2.45, 2.75) is 26.4 Å². The summed E-state index contributed by atoms with van der Waals surface area (Å²) in [5.41, 5.74) is 0. The Hall–Kier alpha value is -0.270. The molecule has 2 atom stereocenters. The van der Waals surface area contributed by atoms with Crippen LogP contribution in [0.2, 0.25) is 0 Å². The predicted molar refractivity (Wildman–Crippen MR) is 35.2 cm³/mol. The van der Waals surface area contributed by atoms with E-state index < -0.39 is 8.03 Å². The fourth-order valence-corrected chi connectivity index (χ4v) is 0.830. The highest BCUT2D eigenvalue weighted by Gasteiger charge is 2.18. The quantitative estimate of drug-likeness (QED) is 0.451. The molecular weight excluding hydrogens is 139 g/mol. The molecule has 0 spiro atoms. The molecule has 0 saturated heterocycles. The summed E-state index contributed by atoms with van der Waals surface area (Å²) in [7, 11) is -2.05. The highest BCUT2D eigenvalue weighted by atomic mass is 31.1. The zero-order valence-corrected chi connectivity index (χ0v) is 6.43. The van der Waals surface area contributed by atoms with Gasteiger partial charge in [0.05, 0.1) is 0 Å². The summed E-state index contributed by atoms with van der Waals surface area (Å²) in [6.07, 6.45) is 0.688. The normalized spacial score (nSPS) is 14.7. The Balaban J connectivity index is 3.46. The largest absolute Gasteiger partial charge is 0.584 e. The van der Waals surface area contributed by atoms with Gasteiger partial charge in [-0.05, 0) is 17.9 Å². The van der Waals surface area contributed by atoms with Gasteiger partial charge in [-0.15, -0.1) is 4.52 Å². The molecule has 0 rings (SSSR count). The Bertz CT molecular complexity index is 113. The zero-order chi connectivity index (χ0) is 7.28. The molecule has 0 heterocycles. The molecule has 9 heavy (non-hydrogen) atoms. The monoisotopic (exact) mass is 149 g/mol. The van der Waals surface area contributed by atoms with Crippen LogP contribution in [0.4, 0.5) is 0 Å². The summed E-state index contributed by atoms with van der Waals surface area (Å²) in [4.78, 5) is 9.75. The van der Waals surface area contributed by atoms with E-state index in [1.807, 2.05) is 6.92 Å². The van der Waals surface area contributed by atoms with Crippen LogP contribution in [0.1, 0.15) is 20.3 Å². The third kappa shape index (κ3) is 4.25. The van der Waals surface area contributed by atoms with E-state index in [4.69, 9.17) is 0 Å². The summed E-state index contributed by atoms with van der Waals surface area (Å²) >= 11 is 0. The molecule has 0 bridgehead atoms. The fourth-order valence-electron chi connectivity index (χ4n) is 0.277. The van der Waals surface area contributed by atoms with Crippen molar-refractivity contribution in [3.8, 4) is 0 Å². The van der Waals surface area contributed by atoms with Gasteiger partial charge in [-0.2, -0.15) is 0 Å². The first-order valence-electron chi connectivity index (χ1n) is 2.79. The number of hydrogen-bond donors (Lipinski definition) is 0. The third-order valence-electron chi connectivity index (χ3n) is 0.945. The number of carbonyl (C=O) groups excluding carboxylic acids is 1. The Morgan fingerprint density at radius 2 is 2.33 bits per heavy atom. The highest BCUT2D eigenvalue weighted by molar-refractivity contribution is 7.56. The molecule has 3 nitrogen and oxygen atoms in total.